The average molecular weight is 342 g/mol. The van der Waals surface area contributed by atoms with E-state index in [0.717, 1.165) is 18.7 Å². The maximum absolute atomic E-state index is 4.90. The first-order valence-electron chi connectivity index (χ1n) is 8.71. The number of nitrogens with two attached hydrogens (primary N) is 1. The second-order valence-electron chi connectivity index (χ2n) is 5.49. The van der Waals surface area contributed by atoms with Gasteiger partial charge in [-0.25, -0.2) is 0 Å². The number of nitrogens with zero attached hydrogens (tertiary/aromatic N) is 3. The third-order valence-corrected chi connectivity index (χ3v) is 3.38. The van der Waals surface area contributed by atoms with Gasteiger partial charge in [-0.15, -0.1) is 5.10 Å². The summed E-state index contributed by atoms with van der Waals surface area (Å²) in [5.41, 5.74) is 6.05. The van der Waals surface area contributed by atoms with Crippen LogP contribution in [-0.4, -0.2) is 22.0 Å². The van der Waals surface area contributed by atoms with E-state index in [9.17, 15) is 0 Å². The fraction of sp³-hybridized carbons (Fsp3) is 0.789. The number of hydrogen-bond acceptors (Lipinski definition) is 4. The van der Waals surface area contributed by atoms with Crippen LogP contribution in [0, 0.1) is 0 Å². The molecule has 5 nitrogen and oxygen atoms in total. The Morgan fingerprint density at radius 3 is 2.21 bits per heavy atom. The molecule has 0 amide bonds. The minimum Gasteiger partial charge on any atom is -0.403 e. The molecule has 0 atom stereocenters. The van der Waals surface area contributed by atoms with E-state index < -0.39 is 0 Å². The van der Waals surface area contributed by atoms with Crippen LogP contribution in [0.4, 0.5) is 0 Å². The van der Waals surface area contributed by atoms with Gasteiger partial charge in [-0.3, -0.25) is 4.68 Å². The first-order valence-corrected chi connectivity index (χ1v) is 8.71. The minimum absolute atomic E-state index is 0. The van der Waals surface area contributed by atoms with E-state index in [-0.39, 0.29) is 14.9 Å². The molecule has 1 heterocycles. The van der Waals surface area contributed by atoms with Crippen molar-refractivity contribution in [3.8, 4) is 0 Å². The summed E-state index contributed by atoms with van der Waals surface area (Å²) in [5.74, 6) is 0. The third-order valence-electron chi connectivity index (χ3n) is 3.38. The number of aryl methyl sites for hydroxylation is 2. The Balaban J connectivity index is -0.000000554. The molecule has 0 saturated heterocycles. The van der Waals surface area contributed by atoms with Gasteiger partial charge in [0.15, 0.2) is 0 Å². The van der Waals surface area contributed by atoms with Gasteiger partial charge >= 0.3 is 0 Å². The highest BCUT2D eigenvalue weighted by Gasteiger charge is 1.99. The maximum Gasteiger partial charge on any atom is 0.0827 e. The Morgan fingerprint density at radius 1 is 1.04 bits per heavy atom. The molecule has 1 rings (SSSR count). The zero-order valence-electron chi connectivity index (χ0n) is 14.7. The molecule has 0 unspecified atom stereocenters. The monoisotopic (exact) mass is 341 g/mol. The van der Waals surface area contributed by atoms with E-state index >= 15 is 0 Å². The standard InChI is InChI=1S/C14H27N3.C3H8N2.2CH4/c1-3-5-7-8-9-10-12-17-13-14(15-16-17)11-6-4-2;1-5-3-2-4;;/h13H,3-12H2,1-2H3;2-3,5H,4H2,1H3;2*1H4. The maximum atomic E-state index is 4.90. The van der Waals surface area contributed by atoms with E-state index in [1.54, 1.807) is 13.2 Å². The summed E-state index contributed by atoms with van der Waals surface area (Å²) in [6.07, 6.45) is 16.7. The molecule has 24 heavy (non-hydrogen) atoms. The third kappa shape index (κ3) is 16.8. The molecule has 3 N–H and O–H groups in total. The van der Waals surface area contributed by atoms with Gasteiger partial charge in [-0.2, -0.15) is 0 Å². The Morgan fingerprint density at radius 2 is 1.67 bits per heavy atom. The highest BCUT2D eigenvalue weighted by Crippen LogP contribution is 2.06. The molecular formula is C19H43N5. The van der Waals surface area contributed by atoms with Crippen LogP contribution in [-0.2, 0) is 13.0 Å². The number of hydrogen-bond donors (Lipinski definition) is 2. The van der Waals surface area contributed by atoms with E-state index in [4.69, 9.17) is 5.73 Å². The van der Waals surface area contributed by atoms with Crippen molar-refractivity contribution in [2.24, 2.45) is 5.73 Å². The van der Waals surface area contributed by atoms with Crippen LogP contribution in [0.5, 0.6) is 0 Å². The molecule has 0 saturated carbocycles. The van der Waals surface area contributed by atoms with Crippen molar-refractivity contribution >= 4 is 0 Å². The van der Waals surface area contributed by atoms with E-state index in [1.807, 2.05) is 4.68 Å². The fourth-order valence-electron chi connectivity index (χ4n) is 2.07. The second kappa shape index (κ2) is 21.5. The summed E-state index contributed by atoms with van der Waals surface area (Å²) in [5, 5.41) is 11.1. The Kier molecular flexibility index (Phi) is 24.5. The summed E-state index contributed by atoms with van der Waals surface area (Å²) < 4.78 is 2.00. The van der Waals surface area contributed by atoms with Crippen molar-refractivity contribution in [1.29, 1.82) is 0 Å². The van der Waals surface area contributed by atoms with E-state index in [2.05, 4.69) is 35.7 Å². The summed E-state index contributed by atoms with van der Waals surface area (Å²) in [6, 6.07) is 0. The predicted octanol–water partition coefficient (Wildman–Crippen LogP) is 4.89. The molecule has 0 aliphatic heterocycles. The van der Waals surface area contributed by atoms with Gasteiger partial charge in [-0.05, 0) is 19.3 Å². The summed E-state index contributed by atoms with van der Waals surface area (Å²) in [6.45, 7) is 5.50. The van der Waals surface area contributed by atoms with Gasteiger partial charge in [0.1, 0.15) is 0 Å². The van der Waals surface area contributed by atoms with Crippen LogP contribution in [0.1, 0.15) is 85.8 Å². The van der Waals surface area contributed by atoms with E-state index in [1.165, 1.54) is 57.6 Å². The average Bonchev–Trinajstić information content (AvgIpc) is 2.98. The van der Waals surface area contributed by atoms with Crippen molar-refractivity contribution in [3.05, 3.63) is 24.3 Å². The van der Waals surface area contributed by atoms with Gasteiger partial charge < -0.3 is 11.1 Å². The summed E-state index contributed by atoms with van der Waals surface area (Å²) in [7, 11) is 1.80. The fourth-order valence-corrected chi connectivity index (χ4v) is 2.07. The zero-order valence-corrected chi connectivity index (χ0v) is 14.7. The van der Waals surface area contributed by atoms with Crippen LogP contribution in [0.3, 0.4) is 0 Å². The number of rotatable bonds is 11. The van der Waals surface area contributed by atoms with E-state index in [0.29, 0.717) is 0 Å². The zero-order chi connectivity index (χ0) is 16.5. The number of unbranched alkanes of at least 4 members (excludes halogenated alkanes) is 6. The van der Waals surface area contributed by atoms with Crippen molar-refractivity contribution < 1.29 is 0 Å². The topological polar surface area (TPSA) is 68.8 Å². The number of aromatic nitrogens is 3. The lowest BCUT2D eigenvalue weighted by molar-refractivity contribution is 0.516. The van der Waals surface area contributed by atoms with Crippen molar-refractivity contribution in [2.75, 3.05) is 7.05 Å². The Labute approximate surface area is 151 Å². The minimum atomic E-state index is 0. The highest BCUT2D eigenvalue weighted by atomic mass is 15.4. The van der Waals surface area contributed by atoms with Crippen molar-refractivity contribution in [3.63, 3.8) is 0 Å². The van der Waals surface area contributed by atoms with Crippen molar-refractivity contribution in [2.45, 2.75) is 93.0 Å². The molecule has 0 spiro atoms. The smallest absolute Gasteiger partial charge is 0.0827 e. The van der Waals surface area contributed by atoms with Crippen LogP contribution in [0.15, 0.2) is 18.6 Å². The lowest BCUT2D eigenvalue weighted by Crippen LogP contribution is -1.98. The molecule has 0 aliphatic carbocycles. The summed E-state index contributed by atoms with van der Waals surface area (Å²) >= 11 is 0. The highest BCUT2D eigenvalue weighted by molar-refractivity contribution is 4.91. The van der Waals surface area contributed by atoms with Gasteiger partial charge in [0.25, 0.3) is 0 Å². The quantitative estimate of drug-likeness (QED) is 0.562. The SMILES string of the molecule is C.C.CCCCCCCCn1cc(CCCC)nn1.CNC=CN. The molecule has 0 aliphatic rings. The molecule has 0 bridgehead atoms. The van der Waals surface area contributed by atoms with Crippen LogP contribution in [0.2, 0.25) is 0 Å². The molecule has 144 valence electrons. The molecule has 0 fully saturated rings. The molecule has 0 radical (unpaired) electrons. The van der Waals surface area contributed by atoms with Crippen LogP contribution >= 0.6 is 0 Å². The second-order valence-corrected chi connectivity index (χ2v) is 5.49. The Bertz CT molecular complexity index is 360. The molecular weight excluding hydrogens is 298 g/mol. The number of nitrogens with one attached hydrogen (secondary N) is 1. The van der Waals surface area contributed by atoms with Gasteiger partial charge in [0.2, 0.25) is 0 Å². The lowest BCUT2D eigenvalue weighted by atomic mass is 10.1. The molecule has 5 heteroatoms. The van der Waals surface area contributed by atoms with Gasteiger partial charge in [-0.1, -0.05) is 72.4 Å². The normalized spacial score (nSPS) is 9.62. The largest absolute Gasteiger partial charge is 0.403 e. The molecule has 1 aromatic heterocycles. The lowest BCUT2D eigenvalue weighted by Gasteiger charge is -2.00. The van der Waals surface area contributed by atoms with Crippen molar-refractivity contribution in [1.82, 2.24) is 20.3 Å². The molecule has 1 aromatic rings. The Hall–Kier alpha value is -1.52. The summed E-state index contributed by atoms with van der Waals surface area (Å²) in [4.78, 5) is 0. The van der Waals surface area contributed by atoms with Crippen LogP contribution < -0.4 is 11.1 Å². The first-order chi connectivity index (χ1) is 10.8. The first kappa shape index (κ1) is 27.3. The predicted molar refractivity (Wildman–Crippen MR) is 108 cm³/mol. The van der Waals surface area contributed by atoms with Gasteiger partial charge in [0, 0.05) is 32.2 Å². The van der Waals surface area contributed by atoms with Crippen LogP contribution in [0.25, 0.3) is 0 Å². The van der Waals surface area contributed by atoms with Gasteiger partial charge in [0.05, 0.1) is 5.69 Å². The molecule has 0 aromatic carbocycles.